The Kier molecular flexibility index (Phi) is 5.50. The summed E-state index contributed by atoms with van der Waals surface area (Å²) >= 11 is 0. The van der Waals surface area contributed by atoms with Gasteiger partial charge in [-0.1, -0.05) is 6.42 Å². The molecule has 2 aromatic rings. The van der Waals surface area contributed by atoms with Gasteiger partial charge in [0.1, 0.15) is 5.58 Å². The summed E-state index contributed by atoms with van der Waals surface area (Å²) in [7, 11) is 0. The molecule has 1 fully saturated rings. The number of hydrogen-bond acceptors (Lipinski definition) is 5. The van der Waals surface area contributed by atoms with E-state index in [9.17, 15) is 14.7 Å². The smallest absolute Gasteiger partial charge is 0.336 e. The minimum atomic E-state index is -0.391. The van der Waals surface area contributed by atoms with Gasteiger partial charge in [-0.05, 0) is 43.5 Å². The molecule has 25 heavy (non-hydrogen) atoms. The fourth-order valence-electron chi connectivity index (χ4n) is 3.60. The molecule has 2 heterocycles. The number of benzene rings is 1. The number of carbonyl (C=O) groups excluding carboxylic acids is 1. The Morgan fingerprint density at radius 3 is 2.96 bits per heavy atom. The number of hydrogen-bond donors (Lipinski definition) is 2. The lowest BCUT2D eigenvalue weighted by atomic mass is 9.98. The topological polar surface area (TPSA) is 82.8 Å². The zero-order chi connectivity index (χ0) is 17.8. The molecule has 0 saturated carbocycles. The summed E-state index contributed by atoms with van der Waals surface area (Å²) < 4.78 is 5.32. The van der Waals surface area contributed by atoms with E-state index in [4.69, 9.17) is 4.42 Å². The van der Waals surface area contributed by atoms with Crippen molar-refractivity contribution in [3.8, 4) is 0 Å². The van der Waals surface area contributed by atoms with Crippen LogP contribution in [0.3, 0.4) is 0 Å². The molecule has 6 nitrogen and oxygen atoms in total. The second-order valence-electron chi connectivity index (χ2n) is 6.62. The Morgan fingerprint density at radius 2 is 2.20 bits per heavy atom. The Balaban J connectivity index is 1.92. The maximum Gasteiger partial charge on any atom is 0.336 e. The second-order valence-corrected chi connectivity index (χ2v) is 6.62. The molecule has 0 bridgehead atoms. The van der Waals surface area contributed by atoms with Crippen molar-refractivity contribution in [2.45, 2.75) is 45.2 Å². The second kappa shape index (κ2) is 7.80. The van der Waals surface area contributed by atoms with Gasteiger partial charge in [0.15, 0.2) is 0 Å². The largest absolute Gasteiger partial charge is 0.423 e. The predicted molar refractivity (Wildman–Crippen MR) is 96.5 cm³/mol. The number of anilines is 1. The summed E-state index contributed by atoms with van der Waals surface area (Å²) in [5.41, 5.74) is 1.62. The minimum absolute atomic E-state index is 0.169. The van der Waals surface area contributed by atoms with Crippen LogP contribution < -0.4 is 10.9 Å². The average molecular weight is 344 g/mol. The summed E-state index contributed by atoms with van der Waals surface area (Å²) in [6.07, 6.45) is 4.14. The van der Waals surface area contributed by atoms with Crippen LogP contribution >= 0.6 is 0 Å². The van der Waals surface area contributed by atoms with Crippen LogP contribution in [0.1, 0.15) is 38.2 Å². The maximum atomic E-state index is 12.0. The SMILES string of the molecule is CC(=O)Nc1ccc2c(CN3CCCCC3CCO)cc(=O)oc2c1. The van der Waals surface area contributed by atoms with E-state index in [1.165, 1.54) is 13.3 Å². The lowest BCUT2D eigenvalue weighted by molar-refractivity contribution is -0.114. The fourth-order valence-corrected chi connectivity index (χ4v) is 3.60. The standard InChI is InChI=1S/C19H24N2O4/c1-13(23)20-15-5-6-17-14(10-19(24)25-18(17)11-15)12-21-8-3-2-4-16(21)7-9-22/h5-6,10-11,16,22H,2-4,7-9,12H2,1H3,(H,20,23). The van der Waals surface area contributed by atoms with Crippen LogP contribution in [-0.2, 0) is 11.3 Å². The van der Waals surface area contributed by atoms with Gasteiger partial charge in [0, 0.05) is 49.3 Å². The van der Waals surface area contributed by atoms with Crippen LogP contribution in [0.5, 0.6) is 0 Å². The van der Waals surface area contributed by atoms with E-state index in [1.807, 2.05) is 12.1 Å². The number of nitrogens with one attached hydrogen (secondary N) is 1. The van der Waals surface area contributed by atoms with Gasteiger partial charge in [0.05, 0.1) is 0 Å². The van der Waals surface area contributed by atoms with Gasteiger partial charge in [-0.15, -0.1) is 0 Å². The molecule has 1 amide bonds. The summed E-state index contributed by atoms with van der Waals surface area (Å²) in [6, 6.07) is 7.27. The normalized spacial score (nSPS) is 18.4. The molecule has 6 heteroatoms. The summed E-state index contributed by atoms with van der Waals surface area (Å²) in [5, 5.41) is 12.9. The third-order valence-corrected chi connectivity index (χ3v) is 4.74. The lowest BCUT2D eigenvalue weighted by Crippen LogP contribution is -2.39. The molecule has 3 rings (SSSR count). The first kappa shape index (κ1) is 17.6. The molecule has 134 valence electrons. The first-order chi connectivity index (χ1) is 12.1. The van der Waals surface area contributed by atoms with Crippen molar-refractivity contribution in [1.29, 1.82) is 0 Å². The van der Waals surface area contributed by atoms with Crippen molar-refractivity contribution >= 4 is 22.6 Å². The van der Waals surface area contributed by atoms with E-state index in [0.717, 1.165) is 36.8 Å². The number of amides is 1. The summed E-state index contributed by atoms with van der Waals surface area (Å²) in [5.74, 6) is -0.169. The highest BCUT2D eigenvalue weighted by molar-refractivity contribution is 5.92. The van der Waals surface area contributed by atoms with Gasteiger partial charge in [-0.3, -0.25) is 9.69 Å². The van der Waals surface area contributed by atoms with Crippen molar-refractivity contribution < 1.29 is 14.3 Å². The van der Waals surface area contributed by atoms with E-state index < -0.39 is 5.63 Å². The van der Waals surface area contributed by atoms with E-state index in [1.54, 1.807) is 12.1 Å². The first-order valence-corrected chi connectivity index (χ1v) is 8.76. The van der Waals surface area contributed by atoms with Crippen LogP contribution in [0.25, 0.3) is 11.0 Å². The highest BCUT2D eigenvalue weighted by Crippen LogP contribution is 2.26. The highest BCUT2D eigenvalue weighted by Gasteiger charge is 2.23. The maximum absolute atomic E-state index is 12.0. The van der Waals surface area contributed by atoms with Crippen molar-refractivity contribution in [3.05, 3.63) is 40.2 Å². The van der Waals surface area contributed by atoms with Crippen molar-refractivity contribution in [2.75, 3.05) is 18.5 Å². The van der Waals surface area contributed by atoms with Crippen molar-refractivity contribution in [2.24, 2.45) is 0 Å². The van der Waals surface area contributed by atoms with Gasteiger partial charge >= 0.3 is 5.63 Å². The number of aliphatic hydroxyl groups is 1. The molecule has 1 saturated heterocycles. The van der Waals surface area contributed by atoms with E-state index >= 15 is 0 Å². The van der Waals surface area contributed by atoms with Crippen LogP contribution in [0.4, 0.5) is 5.69 Å². The van der Waals surface area contributed by atoms with Crippen molar-refractivity contribution in [3.63, 3.8) is 0 Å². The van der Waals surface area contributed by atoms with Gasteiger partial charge in [-0.2, -0.15) is 0 Å². The Bertz CT molecular complexity index is 813. The quantitative estimate of drug-likeness (QED) is 0.814. The molecule has 1 atom stereocenters. The highest BCUT2D eigenvalue weighted by atomic mass is 16.4. The minimum Gasteiger partial charge on any atom is -0.423 e. The first-order valence-electron chi connectivity index (χ1n) is 8.76. The molecular weight excluding hydrogens is 320 g/mol. The lowest BCUT2D eigenvalue weighted by Gasteiger charge is -2.35. The Labute approximate surface area is 146 Å². The Hall–Kier alpha value is -2.18. The molecule has 1 aromatic heterocycles. The molecule has 0 spiro atoms. The molecule has 1 aliphatic rings. The number of carbonyl (C=O) groups is 1. The number of rotatable bonds is 5. The van der Waals surface area contributed by atoms with Crippen LogP contribution in [0.2, 0.25) is 0 Å². The zero-order valence-electron chi connectivity index (χ0n) is 14.5. The molecule has 2 N–H and O–H groups in total. The van der Waals surface area contributed by atoms with Gasteiger partial charge in [0.2, 0.25) is 5.91 Å². The molecule has 0 radical (unpaired) electrons. The van der Waals surface area contributed by atoms with Crippen LogP contribution in [-0.4, -0.2) is 35.1 Å². The molecule has 0 aliphatic carbocycles. The zero-order valence-corrected chi connectivity index (χ0v) is 14.5. The number of nitrogens with zero attached hydrogens (tertiary/aromatic N) is 1. The van der Waals surface area contributed by atoms with E-state index in [2.05, 4.69) is 10.2 Å². The molecule has 1 aromatic carbocycles. The van der Waals surface area contributed by atoms with Crippen LogP contribution in [0.15, 0.2) is 33.5 Å². The van der Waals surface area contributed by atoms with Crippen molar-refractivity contribution in [1.82, 2.24) is 4.90 Å². The van der Waals surface area contributed by atoms with Crippen LogP contribution in [0, 0.1) is 0 Å². The summed E-state index contributed by atoms with van der Waals surface area (Å²) in [4.78, 5) is 25.5. The average Bonchev–Trinajstić information content (AvgIpc) is 2.56. The number of fused-ring (bicyclic) bond motifs is 1. The molecular formula is C19H24N2O4. The van der Waals surface area contributed by atoms with Gasteiger partial charge < -0.3 is 14.8 Å². The fraction of sp³-hybridized carbons (Fsp3) is 0.474. The number of aliphatic hydroxyl groups excluding tert-OH is 1. The predicted octanol–water partition coefficient (Wildman–Crippen LogP) is 2.49. The monoisotopic (exact) mass is 344 g/mol. The third-order valence-electron chi connectivity index (χ3n) is 4.74. The summed E-state index contributed by atoms with van der Waals surface area (Å²) in [6.45, 7) is 3.25. The Morgan fingerprint density at radius 1 is 1.36 bits per heavy atom. The van der Waals surface area contributed by atoms with Gasteiger partial charge in [0.25, 0.3) is 0 Å². The van der Waals surface area contributed by atoms with E-state index in [-0.39, 0.29) is 12.5 Å². The molecule has 1 unspecified atom stereocenters. The van der Waals surface area contributed by atoms with Gasteiger partial charge in [-0.25, -0.2) is 4.79 Å². The van der Waals surface area contributed by atoms with E-state index in [0.29, 0.717) is 23.9 Å². The number of piperidine rings is 1. The molecule has 1 aliphatic heterocycles. The number of likely N-dealkylation sites (tertiary alicyclic amines) is 1. The third kappa shape index (κ3) is 4.27.